The van der Waals surface area contributed by atoms with Crippen molar-refractivity contribution in [2.45, 2.75) is 6.92 Å². The number of anilines is 1. The smallest absolute Gasteiger partial charge is 0.328 e. The van der Waals surface area contributed by atoms with Gasteiger partial charge in [0.25, 0.3) is 0 Å². The summed E-state index contributed by atoms with van der Waals surface area (Å²) in [6.07, 6.45) is 2.57. The minimum atomic E-state index is -1.00. The van der Waals surface area contributed by atoms with Crippen molar-refractivity contribution in [3.05, 3.63) is 35.4 Å². The predicted octanol–water partition coefficient (Wildman–Crippen LogP) is 2.19. The topological polar surface area (TPSA) is 69.6 Å². The summed E-state index contributed by atoms with van der Waals surface area (Å²) in [5.41, 5.74) is 2.33. The summed E-state index contributed by atoms with van der Waals surface area (Å²) in [5, 5.41) is 11.3. The van der Waals surface area contributed by atoms with Crippen LogP contribution in [0.25, 0.3) is 6.08 Å². The molecule has 0 aliphatic rings. The Morgan fingerprint density at radius 2 is 2.00 bits per heavy atom. The third-order valence-electron chi connectivity index (χ3n) is 2.34. The molecule has 0 saturated heterocycles. The van der Waals surface area contributed by atoms with E-state index >= 15 is 0 Å². The van der Waals surface area contributed by atoms with Gasteiger partial charge in [0.15, 0.2) is 0 Å². The number of carbonyl (C=O) groups excluding carboxylic acids is 1. The zero-order chi connectivity index (χ0) is 13.7. The van der Waals surface area contributed by atoms with Crippen LogP contribution in [0.3, 0.4) is 0 Å². The second-order valence-corrected chi connectivity index (χ2v) is 4.07. The van der Waals surface area contributed by atoms with Crippen molar-refractivity contribution in [3.63, 3.8) is 0 Å². The summed E-state index contributed by atoms with van der Waals surface area (Å²) in [7, 11) is 3.30. The van der Waals surface area contributed by atoms with Crippen LogP contribution in [0.4, 0.5) is 10.5 Å². The van der Waals surface area contributed by atoms with Crippen molar-refractivity contribution in [1.82, 2.24) is 4.90 Å². The fraction of sp³-hybridized carbons (Fsp3) is 0.231. The lowest BCUT2D eigenvalue weighted by Crippen LogP contribution is -2.27. The maximum absolute atomic E-state index is 11.5. The maximum atomic E-state index is 11.5. The maximum Gasteiger partial charge on any atom is 0.328 e. The van der Waals surface area contributed by atoms with Gasteiger partial charge in [-0.25, -0.2) is 9.59 Å². The van der Waals surface area contributed by atoms with E-state index < -0.39 is 5.97 Å². The molecule has 1 rings (SSSR count). The number of rotatable bonds is 3. The van der Waals surface area contributed by atoms with Gasteiger partial charge in [-0.3, -0.25) is 0 Å². The Balaban J connectivity index is 2.93. The van der Waals surface area contributed by atoms with Crippen molar-refractivity contribution in [2.24, 2.45) is 0 Å². The van der Waals surface area contributed by atoms with Crippen molar-refractivity contribution < 1.29 is 14.7 Å². The molecule has 2 N–H and O–H groups in total. The molecule has 0 aliphatic carbocycles. The molecule has 0 saturated carbocycles. The summed E-state index contributed by atoms with van der Waals surface area (Å²) in [5.74, 6) is -1.00. The highest BCUT2D eigenvalue weighted by Gasteiger charge is 2.05. The molecule has 0 bridgehead atoms. The van der Waals surface area contributed by atoms with E-state index in [0.717, 1.165) is 17.2 Å². The van der Waals surface area contributed by atoms with Crippen LogP contribution >= 0.6 is 0 Å². The molecule has 18 heavy (non-hydrogen) atoms. The highest BCUT2D eigenvalue weighted by molar-refractivity contribution is 5.90. The van der Waals surface area contributed by atoms with Gasteiger partial charge in [0, 0.05) is 25.9 Å². The lowest BCUT2D eigenvalue weighted by Gasteiger charge is -2.13. The molecule has 0 fully saturated rings. The Morgan fingerprint density at radius 1 is 1.33 bits per heavy atom. The molecule has 0 aromatic heterocycles. The van der Waals surface area contributed by atoms with Crippen LogP contribution in [0.15, 0.2) is 24.3 Å². The molecule has 0 unspecified atom stereocenters. The number of amides is 2. The second-order valence-electron chi connectivity index (χ2n) is 4.07. The summed E-state index contributed by atoms with van der Waals surface area (Å²) < 4.78 is 0. The molecule has 5 nitrogen and oxygen atoms in total. The van der Waals surface area contributed by atoms with E-state index in [0.29, 0.717) is 5.69 Å². The van der Waals surface area contributed by atoms with Gasteiger partial charge in [0.2, 0.25) is 0 Å². The van der Waals surface area contributed by atoms with Crippen LogP contribution in [0, 0.1) is 6.92 Å². The number of carbonyl (C=O) groups is 2. The van der Waals surface area contributed by atoms with Gasteiger partial charge >= 0.3 is 12.0 Å². The van der Waals surface area contributed by atoms with Gasteiger partial charge in [0.1, 0.15) is 0 Å². The van der Waals surface area contributed by atoms with Gasteiger partial charge < -0.3 is 15.3 Å². The van der Waals surface area contributed by atoms with E-state index in [1.165, 1.54) is 11.0 Å². The van der Waals surface area contributed by atoms with E-state index in [1.807, 2.05) is 13.0 Å². The van der Waals surface area contributed by atoms with Crippen LogP contribution < -0.4 is 5.32 Å². The van der Waals surface area contributed by atoms with Crippen molar-refractivity contribution in [1.29, 1.82) is 0 Å². The average Bonchev–Trinajstić information content (AvgIpc) is 2.29. The molecule has 0 radical (unpaired) electrons. The first-order valence-electron chi connectivity index (χ1n) is 5.40. The standard InChI is InChI=1S/C13H16N2O3/c1-9-4-6-11(14-13(18)15(2)3)8-10(9)5-7-12(16)17/h4-8H,1-3H3,(H,14,18)(H,16,17). The van der Waals surface area contributed by atoms with Crippen LogP contribution in [-0.4, -0.2) is 36.1 Å². The Kier molecular flexibility index (Phi) is 4.48. The molecule has 0 heterocycles. The highest BCUT2D eigenvalue weighted by Crippen LogP contribution is 2.17. The molecule has 0 aliphatic heterocycles. The minimum Gasteiger partial charge on any atom is -0.478 e. The lowest BCUT2D eigenvalue weighted by molar-refractivity contribution is -0.131. The zero-order valence-corrected chi connectivity index (χ0v) is 10.6. The number of carboxylic acid groups (broad SMARTS) is 1. The van der Waals surface area contributed by atoms with Gasteiger partial charge in [-0.2, -0.15) is 0 Å². The number of aryl methyl sites for hydroxylation is 1. The molecular weight excluding hydrogens is 232 g/mol. The fourth-order valence-electron chi connectivity index (χ4n) is 1.29. The van der Waals surface area contributed by atoms with E-state index in [4.69, 9.17) is 5.11 Å². The Labute approximate surface area is 106 Å². The number of carboxylic acids is 1. The summed E-state index contributed by atoms with van der Waals surface area (Å²) in [6, 6.07) is 5.10. The predicted molar refractivity (Wildman–Crippen MR) is 70.6 cm³/mol. The minimum absolute atomic E-state index is 0.230. The number of nitrogens with zero attached hydrogens (tertiary/aromatic N) is 1. The molecule has 0 spiro atoms. The van der Waals surface area contributed by atoms with Gasteiger partial charge in [-0.1, -0.05) is 6.07 Å². The first-order valence-corrected chi connectivity index (χ1v) is 5.40. The summed E-state index contributed by atoms with van der Waals surface area (Å²) in [6.45, 7) is 1.87. The zero-order valence-electron chi connectivity index (χ0n) is 10.6. The number of aliphatic carboxylic acids is 1. The van der Waals surface area contributed by atoms with E-state index in [9.17, 15) is 9.59 Å². The van der Waals surface area contributed by atoms with Crippen LogP contribution in [0.1, 0.15) is 11.1 Å². The van der Waals surface area contributed by atoms with E-state index in [2.05, 4.69) is 5.32 Å². The number of hydrogen-bond acceptors (Lipinski definition) is 2. The van der Waals surface area contributed by atoms with Gasteiger partial charge in [-0.05, 0) is 36.3 Å². The molecule has 2 amide bonds. The largest absolute Gasteiger partial charge is 0.478 e. The monoisotopic (exact) mass is 248 g/mol. The van der Waals surface area contributed by atoms with Gasteiger partial charge in [0.05, 0.1) is 0 Å². The molecule has 1 aromatic carbocycles. The summed E-state index contributed by atoms with van der Waals surface area (Å²) >= 11 is 0. The second kappa shape index (κ2) is 5.86. The number of benzene rings is 1. The van der Waals surface area contributed by atoms with Crippen LogP contribution in [-0.2, 0) is 4.79 Å². The first-order chi connectivity index (χ1) is 8.40. The first kappa shape index (κ1) is 13.8. The van der Waals surface area contributed by atoms with Crippen molar-refractivity contribution >= 4 is 23.8 Å². The third-order valence-corrected chi connectivity index (χ3v) is 2.34. The molecule has 5 heteroatoms. The Bertz CT molecular complexity index is 493. The van der Waals surface area contributed by atoms with Crippen molar-refractivity contribution in [2.75, 3.05) is 19.4 Å². The lowest BCUT2D eigenvalue weighted by atomic mass is 10.1. The van der Waals surface area contributed by atoms with Crippen LogP contribution in [0.2, 0.25) is 0 Å². The quantitative estimate of drug-likeness (QED) is 0.805. The Morgan fingerprint density at radius 3 is 2.56 bits per heavy atom. The molecular formula is C13H16N2O3. The Hall–Kier alpha value is -2.30. The molecule has 0 atom stereocenters. The van der Waals surface area contributed by atoms with E-state index in [-0.39, 0.29) is 6.03 Å². The molecule has 96 valence electrons. The van der Waals surface area contributed by atoms with Crippen molar-refractivity contribution in [3.8, 4) is 0 Å². The molecule has 1 aromatic rings. The normalized spacial score (nSPS) is 10.4. The summed E-state index contributed by atoms with van der Waals surface area (Å²) in [4.78, 5) is 23.4. The number of nitrogens with one attached hydrogen (secondary N) is 1. The third kappa shape index (κ3) is 3.93. The fourth-order valence-corrected chi connectivity index (χ4v) is 1.29. The highest BCUT2D eigenvalue weighted by atomic mass is 16.4. The number of hydrogen-bond donors (Lipinski definition) is 2. The number of urea groups is 1. The SMILES string of the molecule is Cc1ccc(NC(=O)N(C)C)cc1C=CC(=O)O. The van der Waals surface area contributed by atoms with E-state index in [1.54, 1.807) is 26.2 Å². The average molecular weight is 248 g/mol. The van der Waals surface area contributed by atoms with Crippen LogP contribution in [0.5, 0.6) is 0 Å². The van der Waals surface area contributed by atoms with Gasteiger partial charge in [-0.15, -0.1) is 0 Å².